The van der Waals surface area contributed by atoms with Crippen LogP contribution in [-0.2, 0) is 9.59 Å². The van der Waals surface area contributed by atoms with Crippen molar-refractivity contribution in [2.75, 3.05) is 16.3 Å². The summed E-state index contributed by atoms with van der Waals surface area (Å²) in [5.41, 5.74) is 2.66. The summed E-state index contributed by atoms with van der Waals surface area (Å²) in [5, 5.41) is -0.570. The van der Waals surface area contributed by atoms with Crippen LogP contribution in [0.5, 0.6) is 5.75 Å². The summed E-state index contributed by atoms with van der Waals surface area (Å²) in [6.07, 6.45) is 0.0337. The van der Waals surface area contributed by atoms with E-state index in [0.29, 0.717) is 0 Å². The Morgan fingerprint density at radius 3 is 2.00 bits per heavy atom. The van der Waals surface area contributed by atoms with E-state index in [1.54, 1.807) is 4.90 Å². The van der Waals surface area contributed by atoms with Crippen molar-refractivity contribution in [3.8, 4) is 5.75 Å². The molecule has 0 radical (unpaired) electrons. The minimum Gasteiger partial charge on any atom is -0.426 e. The molecule has 0 bridgehead atoms. The number of carbonyl (C=O) groups excluding carboxylic acids is 4. The van der Waals surface area contributed by atoms with Gasteiger partial charge in [-0.15, -0.1) is 0 Å². The minimum atomic E-state index is -0.712. The zero-order valence-corrected chi connectivity index (χ0v) is 23.0. The summed E-state index contributed by atoms with van der Waals surface area (Å²) >= 11 is 24.5. The highest BCUT2D eigenvalue weighted by molar-refractivity contribution is 6.56. The van der Waals surface area contributed by atoms with Crippen LogP contribution in [0.4, 0.5) is 11.4 Å². The number of aryl methyl sites for hydroxylation is 2. The number of anilines is 2. The summed E-state index contributed by atoms with van der Waals surface area (Å²) in [7, 11) is 0. The van der Waals surface area contributed by atoms with Crippen molar-refractivity contribution in [3.05, 3.63) is 84.8 Å². The maximum Gasteiger partial charge on any atom is 0.316 e. The molecule has 11 heteroatoms. The highest BCUT2D eigenvalue weighted by atomic mass is 35.5. The molecule has 5 rings (SSSR count). The first-order chi connectivity index (χ1) is 18.0. The molecule has 2 heterocycles. The Morgan fingerprint density at radius 1 is 0.842 bits per heavy atom. The lowest BCUT2D eigenvalue weighted by Gasteiger charge is -2.19. The van der Waals surface area contributed by atoms with Gasteiger partial charge in [-0.1, -0.05) is 58.5 Å². The van der Waals surface area contributed by atoms with Gasteiger partial charge in [0, 0.05) is 18.7 Å². The lowest BCUT2D eigenvalue weighted by molar-refractivity contribution is -0.139. The Bertz CT molecular complexity index is 1510. The number of hydrogen-bond acceptors (Lipinski definition) is 5. The van der Waals surface area contributed by atoms with Crippen LogP contribution in [-0.4, -0.2) is 30.2 Å². The van der Waals surface area contributed by atoms with Gasteiger partial charge < -0.3 is 9.64 Å². The molecule has 2 aliphatic rings. The van der Waals surface area contributed by atoms with Crippen LogP contribution in [0.25, 0.3) is 0 Å². The van der Waals surface area contributed by atoms with Crippen LogP contribution in [0.15, 0.2) is 42.5 Å². The molecule has 3 amide bonds. The molecule has 194 valence electrons. The van der Waals surface area contributed by atoms with Crippen molar-refractivity contribution in [2.24, 2.45) is 5.92 Å². The Kier molecular flexibility index (Phi) is 6.90. The molecular formula is C27H18Cl4N2O5. The third-order valence-corrected chi connectivity index (χ3v) is 8.33. The van der Waals surface area contributed by atoms with E-state index in [2.05, 4.69) is 0 Å². The van der Waals surface area contributed by atoms with Crippen LogP contribution in [0, 0.1) is 19.8 Å². The van der Waals surface area contributed by atoms with Gasteiger partial charge in [-0.3, -0.25) is 19.2 Å². The smallest absolute Gasteiger partial charge is 0.316 e. The van der Waals surface area contributed by atoms with Crippen molar-refractivity contribution in [1.82, 2.24) is 0 Å². The summed E-state index contributed by atoms with van der Waals surface area (Å²) in [6.45, 7) is 4.06. The van der Waals surface area contributed by atoms with E-state index >= 15 is 0 Å². The monoisotopic (exact) mass is 590 g/mol. The molecule has 2 aliphatic heterocycles. The second kappa shape index (κ2) is 9.89. The predicted molar refractivity (Wildman–Crippen MR) is 146 cm³/mol. The normalized spacial score (nSPS) is 16.9. The first-order valence-corrected chi connectivity index (χ1v) is 12.9. The van der Waals surface area contributed by atoms with E-state index < -0.39 is 23.7 Å². The van der Waals surface area contributed by atoms with Crippen LogP contribution in [0.2, 0.25) is 20.1 Å². The fourth-order valence-electron chi connectivity index (χ4n) is 4.55. The van der Waals surface area contributed by atoms with Crippen LogP contribution in [0.1, 0.15) is 38.3 Å². The largest absolute Gasteiger partial charge is 0.426 e. The highest BCUT2D eigenvalue weighted by Gasteiger charge is 2.42. The summed E-state index contributed by atoms with van der Waals surface area (Å²) in [5.74, 6) is -2.58. The number of rotatable bonds is 4. The zero-order chi connectivity index (χ0) is 27.5. The van der Waals surface area contributed by atoms with Crippen molar-refractivity contribution in [2.45, 2.75) is 20.3 Å². The van der Waals surface area contributed by atoms with Crippen LogP contribution >= 0.6 is 46.4 Å². The predicted octanol–water partition coefficient (Wildman–Crippen LogP) is 6.68. The lowest BCUT2D eigenvalue weighted by atomic mass is 10.1. The number of nitrogens with zero attached hydrogens (tertiary/aromatic N) is 2. The Morgan fingerprint density at radius 2 is 1.42 bits per heavy atom. The minimum absolute atomic E-state index is 0.0337. The standard InChI is InChI=1S/C27H18Cl4N2O5/c1-12-3-4-13(2)17(9-12)32-11-14(10-18(32)34)27(37)38-16-7-5-15(6-8-16)33-25(35)19-20(26(33)36)22(29)24(31)23(30)21(19)28/h3-9,14H,10-11H2,1-2H3/t14-/m0/s1. The van der Waals surface area contributed by atoms with Crippen molar-refractivity contribution in [1.29, 1.82) is 0 Å². The van der Waals surface area contributed by atoms with Crippen LogP contribution in [0.3, 0.4) is 0 Å². The van der Waals surface area contributed by atoms with E-state index in [1.807, 2.05) is 32.0 Å². The third kappa shape index (κ3) is 4.33. The van der Waals surface area contributed by atoms with E-state index in [-0.39, 0.29) is 61.5 Å². The molecule has 3 aromatic carbocycles. The van der Waals surface area contributed by atoms with Crippen LogP contribution < -0.4 is 14.5 Å². The summed E-state index contributed by atoms with van der Waals surface area (Å²) < 4.78 is 5.50. The van der Waals surface area contributed by atoms with E-state index in [9.17, 15) is 19.2 Å². The van der Waals surface area contributed by atoms with Crippen molar-refractivity contribution < 1.29 is 23.9 Å². The molecule has 0 unspecified atom stereocenters. The maximum atomic E-state index is 13.0. The second-order valence-electron chi connectivity index (χ2n) is 9.06. The fourth-order valence-corrected chi connectivity index (χ4v) is 5.57. The number of benzene rings is 3. The third-order valence-electron chi connectivity index (χ3n) is 6.53. The molecule has 0 aliphatic carbocycles. The number of imide groups is 1. The van der Waals surface area contributed by atoms with E-state index in [4.69, 9.17) is 51.1 Å². The average Bonchev–Trinajstić information content (AvgIpc) is 3.40. The van der Waals surface area contributed by atoms with Gasteiger partial charge in [-0.05, 0) is 55.3 Å². The number of fused-ring (bicyclic) bond motifs is 1. The van der Waals surface area contributed by atoms with Crippen molar-refractivity contribution in [3.63, 3.8) is 0 Å². The molecule has 3 aromatic rings. The first kappa shape index (κ1) is 26.5. The van der Waals surface area contributed by atoms with E-state index in [1.165, 1.54) is 24.3 Å². The molecule has 7 nitrogen and oxygen atoms in total. The number of halogens is 4. The zero-order valence-electron chi connectivity index (χ0n) is 20.0. The van der Waals surface area contributed by atoms with Gasteiger partial charge in [-0.25, -0.2) is 4.90 Å². The van der Waals surface area contributed by atoms with Gasteiger partial charge in [0.05, 0.1) is 42.8 Å². The van der Waals surface area contributed by atoms with Gasteiger partial charge in [0.15, 0.2) is 0 Å². The Balaban J connectivity index is 1.32. The van der Waals surface area contributed by atoms with Gasteiger partial charge in [-0.2, -0.15) is 0 Å². The fraction of sp³-hybridized carbons (Fsp3) is 0.185. The number of amides is 3. The van der Waals surface area contributed by atoms with Gasteiger partial charge in [0.2, 0.25) is 5.91 Å². The van der Waals surface area contributed by atoms with Gasteiger partial charge >= 0.3 is 5.97 Å². The van der Waals surface area contributed by atoms with E-state index in [0.717, 1.165) is 21.7 Å². The number of esters is 1. The molecule has 1 atom stereocenters. The molecular weight excluding hydrogens is 574 g/mol. The molecule has 0 N–H and O–H groups in total. The number of ether oxygens (including phenoxy) is 1. The molecule has 1 saturated heterocycles. The molecule has 1 fully saturated rings. The second-order valence-corrected chi connectivity index (χ2v) is 10.6. The average molecular weight is 592 g/mol. The Labute approximate surface area is 237 Å². The lowest BCUT2D eigenvalue weighted by Crippen LogP contribution is -2.29. The molecule has 0 aromatic heterocycles. The topological polar surface area (TPSA) is 84.0 Å². The van der Waals surface area contributed by atoms with Crippen molar-refractivity contribution >= 4 is 81.5 Å². The number of carbonyl (C=O) groups is 4. The number of hydrogen-bond donors (Lipinski definition) is 0. The summed E-state index contributed by atoms with van der Waals surface area (Å²) in [6, 6.07) is 11.6. The SMILES string of the molecule is Cc1ccc(C)c(N2C[C@@H](C(=O)Oc3ccc(N4C(=O)c5c(Cl)c(Cl)c(Cl)c(Cl)c5C4=O)cc3)CC2=O)c1. The quantitative estimate of drug-likeness (QED) is 0.111. The Hall–Kier alpha value is -3.10. The maximum absolute atomic E-state index is 13.0. The van der Waals surface area contributed by atoms with Gasteiger partial charge in [0.25, 0.3) is 11.8 Å². The first-order valence-electron chi connectivity index (χ1n) is 11.4. The van der Waals surface area contributed by atoms with Gasteiger partial charge in [0.1, 0.15) is 5.75 Å². The highest BCUT2D eigenvalue weighted by Crippen LogP contribution is 2.45. The molecule has 0 spiro atoms. The molecule has 38 heavy (non-hydrogen) atoms. The summed E-state index contributed by atoms with van der Waals surface area (Å²) in [4.78, 5) is 54.1. The molecule has 0 saturated carbocycles.